The Bertz CT molecular complexity index is 385. The topological polar surface area (TPSA) is 21.3 Å². The van der Waals surface area contributed by atoms with Crippen molar-refractivity contribution in [1.29, 1.82) is 0 Å². The molecule has 0 radical (unpaired) electrons. The van der Waals surface area contributed by atoms with Gasteiger partial charge in [-0.15, -0.1) is 0 Å². The molecule has 2 aliphatic heterocycles. The number of ether oxygens (including phenoxy) is 1. The number of piperidine rings is 1. The molecule has 0 aromatic heterocycles. The van der Waals surface area contributed by atoms with Gasteiger partial charge in [0.25, 0.3) is 0 Å². The summed E-state index contributed by atoms with van der Waals surface area (Å²) in [5.74, 6) is 0.539. The fourth-order valence-electron chi connectivity index (χ4n) is 2.55. The van der Waals surface area contributed by atoms with Gasteiger partial charge in [0.1, 0.15) is 17.2 Å². The lowest BCUT2D eigenvalue weighted by Crippen LogP contribution is -2.45. The molecule has 2 aliphatic rings. The number of rotatable bonds is 0. The summed E-state index contributed by atoms with van der Waals surface area (Å²) in [6.45, 7) is 1.99. The van der Waals surface area contributed by atoms with Gasteiger partial charge in [-0.25, -0.2) is 4.39 Å². The van der Waals surface area contributed by atoms with Crippen LogP contribution in [-0.4, -0.2) is 18.7 Å². The van der Waals surface area contributed by atoms with E-state index in [1.165, 1.54) is 12.1 Å². The normalized spacial score (nSPS) is 22.5. The van der Waals surface area contributed by atoms with Crippen molar-refractivity contribution in [2.45, 2.75) is 24.9 Å². The number of hydrogen-bond donors (Lipinski definition) is 1. The standard InChI is InChI=1S/C12H14FNO/c13-10-2-1-9-8-12(15-11(9)7-10)3-5-14-6-4-12/h1-2,7,14H,3-6,8H2. The number of benzene rings is 1. The molecule has 1 aromatic carbocycles. The first-order valence-electron chi connectivity index (χ1n) is 5.46. The number of nitrogens with one attached hydrogen (secondary N) is 1. The molecular formula is C12H14FNO. The second-order valence-corrected chi connectivity index (χ2v) is 4.46. The molecule has 1 saturated heterocycles. The molecule has 0 bridgehead atoms. The molecule has 0 amide bonds. The van der Waals surface area contributed by atoms with Gasteiger partial charge < -0.3 is 10.1 Å². The van der Waals surface area contributed by atoms with Crippen LogP contribution in [0, 0.1) is 5.82 Å². The third-order valence-corrected chi connectivity index (χ3v) is 3.38. The molecule has 15 heavy (non-hydrogen) atoms. The Balaban J connectivity index is 1.90. The Hall–Kier alpha value is -1.09. The van der Waals surface area contributed by atoms with Gasteiger partial charge in [-0.1, -0.05) is 6.07 Å². The van der Waals surface area contributed by atoms with Gasteiger partial charge in [-0.3, -0.25) is 0 Å². The van der Waals surface area contributed by atoms with Gasteiger partial charge in [-0.2, -0.15) is 0 Å². The zero-order valence-electron chi connectivity index (χ0n) is 8.55. The minimum atomic E-state index is -0.209. The number of hydrogen-bond acceptors (Lipinski definition) is 2. The van der Waals surface area contributed by atoms with E-state index in [1.54, 1.807) is 0 Å². The monoisotopic (exact) mass is 207 g/mol. The Kier molecular flexibility index (Phi) is 1.96. The van der Waals surface area contributed by atoms with Crippen LogP contribution in [0.15, 0.2) is 18.2 Å². The summed E-state index contributed by atoms with van der Waals surface area (Å²) in [6, 6.07) is 4.87. The van der Waals surface area contributed by atoms with Crippen molar-refractivity contribution in [2.75, 3.05) is 13.1 Å². The molecule has 1 fully saturated rings. The average Bonchev–Trinajstić information content (AvgIpc) is 2.56. The summed E-state index contributed by atoms with van der Waals surface area (Å²) >= 11 is 0. The van der Waals surface area contributed by atoms with Gasteiger partial charge in [-0.05, 0) is 37.6 Å². The van der Waals surface area contributed by atoms with E-state index in [4.69, 9.17) is 4.74 Å². The summed E-state index contributed by atoms with van der Waals surface area (Å²) in [5.41, 5.74) is 1.10. The molecule has 2 nitrogen and oxygen atoms in total. The molecule has 80 valence electrons. The molecular weight excluding hydrogens is 193 g/mol. The first-order valence-corrected chi connectivity index (χ1v) is 5.46. The van der Waals surface area contributed by atoms with E-state index in [1.807, 2.05) is 6.07 Å². The molecule has 1 aromatic rings. The third kappa shape index (κ3) is 1.51. The highest BCUT2D eigenvalue weighted by molar-refractivity contribution is 5.39. The SMILES string of the molecule is Fc1ccc2c(c1)OC1(CCNCC1)C2. The molecule has 3 heteroatoms. The van der Waals surface area contributed by atoms with E-state index in [0.29, 0.717) is 0 Å². The molecule has 1 N–H and O–H groups in total. The molecule has 0 unspecified atom stereocenters. The number of fused-ring (bicyclic) bond motifs is 1. The van der Waals surface area contributed by atoms with E-state index < -0.39 is 0 Å². The molecule has 2 heterocycles. The van der Waals surface area contributed by atoms with E-state index in [2.05, 4.69) is 5.32 Å². The third-order valence-electron chi connectivity index (χ3n) is 3.38. The van der Waals surface area contributed by atoms with Crippen LogP contribution in [0.5, 0.6) is 5.75 Å². The van der Waals surface area contributed by atoms with Gasteiger partial charge in [0.2, 0.25) is 0 Å². The van der Waals surface area contributed by atoms with Gasteiger partial charge >= 0.3 is 0 Å². The Morgan fingerprint density at radius 1 is 1.27 bits per heavy atom. The van der Waals surface area contributed by atoms with E-state index in [9.17, 15) is 4.39 Å². The van der Waals surface area contributed by atoms with Gasteiger partial charge in [0.05, 0.1) is 0 Å². The molecule has 0 aliphatic carbocycles. The first-order chi connectivity index (χ1) is 7.27. The van der Waals surface area contributed by atoms with Crippen molar-refractivity contribution in [2.24, 2.45) is 0 Å². The Labute approximate surface area is 88.4 Å². The van der Waals surface area contributed by atoms with Gasteiger partial charge in [0, 0.05) is 12.5 Å². The van der Waals surface area contributed by atoms with Crippen molar-refractivity contribution < 1.29 is 9.13 Å². The largest absolute Gasteiger partial charge is 0.486 e. The maximum Gasteiger partial charge on any atom is 0.126 e. The quantitative estimate of drug-likeness (QED) is 0.701. The number of halogens is 1. The van der Waals surface area contributed by atoms with E-state index >= 15 is 0 Å². The fourth-order valence-corrected chi connectivity index (χ4v) is 2.55. The second-order valence-electron chi connectivity index (χ2n) is 4.46. The highest BCUT2D eigenvalue weighted by Crippen LogP contribution is 2.39. The smallest absolute Gasteiger partial charge is 0.126 e. The van der Waals surface area contributed by atoms with E-state index in [-0.39, 0.29) is 11.4 Å². The highest BCUT2D eigenvalue weighted by atomic mass is 19.1. The van der Waals surface area contributed by atoms with Crippen LogP contribution >= 0.6 is 0 Å². The van der Waals surface area contributed by atoms with Gasteiger partial charge in [0.15, 0.2) is 0 Å². The van der Waals surface area contributed by atoms with Crippen LogP contribution in [0.2, 0.25) is 0 Å². The minimum Gasteiger partial charge on any atom is -0.486 e. The molecule has 1 spiro atoms. The van der Waals surface area contributed by atoms with Crippen LogP contribution in [0.1, 0.15) is 18.4 Å². The second kappa shape index (κ2) is 3.20. The highest BCUT2D eigenvalue weighted by Gasteiger charge is 2.40. The predicted octanol–water partition coefficient (Wildman–Crippen LogP) is 1.88. The molecule has 0 saturated carbocycles. The van der Waals surface area contributed by atoms with Crippen molar-refractivity contribution >= 4 is 0 Å². The average molecular weight is 207 g/mol. The zero-order chi connectivity index (χ0) is 10.3. The van der Waals surface area contributed by atoms with Crippen molar-refractivity contribution in [3.8, 4) is 5.75 Å². The summed E-state index contributed by atoms with van der Waals surface area (Å²) in [5, 5.41) is 3.32. The van der Waals surface area contributed by atoms with Crippen molar-refractivity contribution in [3.05, 3.63) is 29.6 Å². The van der Waals surface area contributed by atoms with Crippen molar-refractivity contribution in [3.63, 3.8) is 0 Å². The fraction of sp³-hybridized carbons (Fsp3) is 0.500. The van der Waals surface area contributed by atoms with Crippen LogP contribution in [0.4, 0.5) is 4.39 Å². The summed E-state index contributed by atoms with van der Waals surface area (Å²) < 4.78 is 19.0. The lowest BCUT2D eigenvalue weighted by molar-refractivity contribution is 0.0598. The summed E-state index contributed by atoms with van der Waals surface area (Å²) in [4.78, 5) is 0. The summed E-state index contributed by atoms with van der Waals surface area (Å²) in [7, 11) is 0. The van der Waals surface area contributed by atoms with Crippen LogP contribution < -0.4 is 10.1 Å². The summed E-state index contributed by atoms with van der Waals surface area (Å²) in [6.07, 6.45) is 2.97. The first kappa shape index (κ1) is 9.16. The predicted molar refractivity (Wildman–Crippen MR) is 55.6 cm³/mol. The maximum absolute atomic E-state index is 13.0. The lowest BCUT2D eigenvalue weighted by atomic mass is 9.88. The molecule has 3 rings (SSSR count). The zero-order valence-corrected chi connectivity index (χ0v) is 8.55. The lowest BCUT2D eigenvalue weighted by Gasteiger charge is -2.33. The van der Waals surface area contributed by atoms with Crippen LogP contribution in [0.25, 0.3) is 0 Å². The van der Waals surface area contributed by atoms with Crippen molar-refractivity contribution in [1.82, 2.24) is 5.32 Å². The Morgan fingerprint density at radius 2 is 2.07 bits per heavy atom. The van der Waals surface area contributed by atoms with Crippen LogP contribution in [-0.2, 0) is 6.42 Å². The minimum absolute atomic E-state index is 0.0542. The van der Waals surface area contributed by atoms with E-state index in [0.717, 1.165) is 43.7 Å². The van der Waals surface area contributed by atoms with Crippen LogP contribution in [0.3, 0.4) is 0 Å². The molecule has 0 atom stereocenters. The Morgan fingerprint density at radius 3 is 2.87 bits per heavy atom. The maximum atomic E-state index is 13.0.